The largest absolute Gasteiger partial charge is 0.310 e. The molecule has 2 unspecified atom stereocenters. The summed E-state index contributed by atoms with van der Waals surface area (Å²) in [5.41, 5.74) is 1.58. The van der Waals surface area contributed by atoms with Crippen LogP contribution in [0.5, 0.6) is 0 Å². The Morgan fingerprint density at radius 1 is 1.10 bits per heavy atom. The van der Waals surface area contributed by atoms with Gasteiger partial charge in [-0.1, -0.05) is 65.0 Å². The number of rotatable bonds is 9. The Morgan fingerprint density at radius 3 is 2.19 bits per heavy atom. The molecule has 21 heavy (non-hydrogen) atoms. The number of nitrogens with one attached hydrogen (secondary N) is 1. The zero-order valence-electron chi connectivity index (χ0n) is 14.8. The van der Waals surface area contributed by atoms with E-state index in [0.29, 0.717) is 12.1 Å². The average Bonchev–Trinajstić information content (AvgIpc) is 2.50. The zero-order chi connectivity index (χ0) is 15.9. The van der Waals surface area contributed by atoms with Crippen LogP contribution in [0.4, 0.5) is 0 Å². The lowest BCUT2D eigenvalue weighted by Crippen LogP contribution is -2.45. The first-order valence-corrected chi connectivity index (χ1v) is 8.48. The second-order valence-corrected chi connectivity index (χ2v) is 6.71. The third-order valence-corrected chi connectivity index (χ3v) is 4.55. The summed E-state index contributed by atoms with van der Waals surface area (Å²) in [4.78, 5) is 2.60. The summed E-state index contributed by atoms with van der Waals surface area (Å²) >= 11 is 0. The van der Waals surface area contributed by atoms with E-state index in [2.05, 4.69) is 82.1 Å². The van der Waals surface area contributed by atoms with Crippen molar-refractivity contribution in [1.82, 2.24) is 10.2 Å². The molecule has 0 saturated carbocycles. The fourth-order valence-electron chi connectivity index (χ4n) is 3.15. The highest BCUT2D eigenvalue weighted by atomic mass is 15.2. The molecule has 2 atom stereocenters. The lowest BCUT2D eigenvalue weighted by atomic mass is 9.79. The molecule has 0 heterocycles. The lowest BCUT2D eigenvalue weighted by Gasteiger charge is -2.41. The smallest absolute Gasteiger partial charge is 0.0384 e. The van der Waals surface area contributed by atoms with Crippen LogP contribution in [-0.2, 0) is 0 Å². The first-order chi connectivity index (χ1) is 9.96. The summed E-state index contributed by atoms with van der Waals surface area (Å²) in [6.45, 7) is 17.1. The van der Waals surface area contributed by atoms with E-state index < -0.39 is 0 Å². The predicted molar refractivity (Wildman–Crippen MR) is 93.6 cm³/mol. The highest BCUT2D eigenvalue weighted by molar-refractivity contribution is 5.21. The second-order valence-electron chi connectivity index (χ2n) is 6.71. The lowest BCUT2D eigenvalue weighted by molar-refractivity contribution is 0.109. The standard InChI is InChI=1S/C19H34N2/c1-7-16(4)21(9-3)15-19(5,6)18(20-8-2)17-13-11-10-12-14-17/h10-14,16,18,20H,7-9,15H2,1-6H3. The van der Waals surface area contributed by atoms with Crippen molar-refractivity contribution in [3.8, 4) is 0 Å². The maximum Gasteiger partial charge on any atom is 0.0384 e. The van der Waals surface area contributed by atoms with Gasteiger partial charge >= 0.3 is 0 Å². The number of hydrogen-bond acceptors (Lipinski definition) is 2. The molecule has 0 aliphatic heterocycles. The molecule has 1 aromatic rings. The second kappa shape index (κ2) is 8.55. The van der Waals surface area contributed by atoms with Gasteiger partial charge in [0.15, 0.2) is 0 Å². The minimum absolute atomic E-state index is 0.191. The number of nitrogens with zero attached hydrogens (tertiary/aromatic N) is 1. The quantitative estimate of drug-likeness (QED) is 0.721. The van der Waals surface area contributed by atoms with E-state index in [0.717, 1.165) is 19.6 Å². The van der Waals surface area contributed by atoms with E-state index in [4.69, 9.17) is 0 Å². The van der Waals surface area contributed by atoms with E-state index in [1.54, 1.807) is 0 Å². The third kappa shape index (κ3) is 5.12. The minimum atomic E-state index is 0.191. The fourth-order valence-corrected chi connectivity index (χ4v) is 3.15. The van der Waals surface area contributed by atoms with Crippen molar-refractivity contribution in [1.29, 1.82) is 0 Å². The Kier molecular flexibility index (Phi) is 7.41. The Balaban J connectivity index is 2.94. The summed E-state index contributed by atoms with van der Waals surface area (Å²) in [5, 5.41) is 3.70. The van der Waals surface area contributed by atoms with Crippen LogP contribution in [0, 0.1) is 5.41 Å². The topological polar surface area (TPSA) is 15.3 Å². The van der Waals surface area contributed by atoms with Crippen molar-refractivity contribution in [2.45, 2.75) is 60.0 Å². The molecule has 2 heteroatoms. The molecule has 0 aromatic heterocycles. The molecule has 2 nitrogen and oxygen atoms in total. The van der Waals surface area contributed by atoms with Crippen LogP contribution in [0.25, 0.3) is 0 Å². The average molecular weight is 290 g/mol. The molecule has 0 aliphatic rings. The predicted octanol–water partition coefficient (Wildman–Crippen LogP) is 4.48. The van der Waals surface area contributed by atoms with Gasteiger partial charge in [0.1, 0.15) is 0 Å². The van der Waals surface area contributed by atoms with Crippen LogP contribution in [-0.4, -0.2) is 30.6 Å². The van der Waals surface area contributed by atoms with Crippen LogP contribution in [0.2, 0.25) is 0 Å². The summed E-state index contributed by atoms with van der Waals surface area (Å²) in [6, 6.07) is 11.9. The van der Waals surface area contributed by atoms with Crippen molar-refractivity contribution in [3.63, 3.8) is 0 Å². The van der Waals surface area contributed by atoms with Gasteiger partial charge in [0, 0.05) is 18.6 Å². The van der Waals surface area contributed by atoms with Gasteiger partial charge in [-0.15, -0.1) is 0 Å². The highest BCUT2D eigenvalue weighted by Crippen LogP contribution is 2.34. The normalized spacial score (nSPS) is 15.2. The minimum Gasteiger partial charge on any atom is -0.310 e. The van der Waals surface area contributed by atoms with Gasteiger partial charge in [-0.05, 0) is 37.4 Å². The monoisotopic (exact) mass is 290 g/mol. The molecule has 0 aliphatic carbocycles. The molecular formula is C19H34N2. The van der Waals surface area contributed by atoms with Crippen LogP contribution in [0.3, 0.4) is 0 Å². The van der Waals surface area contributed by atoms with E-state index in [-0.39, 0.29) is 5.41 Å². The molecule has 0 saturated heterocycles. The van der Waals surface area contributed by atoms with Gasteiger partial charge in [0.05, 0.1) is 0 Å². The maximum atomic E-state index is 3.70. The molecular weight excluding hydrogens is 256 g/mol. The first-order valence-electron chi connectivity index (χ1n) is 8.48. The van der Waals surface area contributed by atoms with Crippen LogP contribution in [0.15, 0.2) is 30.3 Å². The molecule has 0 fully saturated rings. The van der Waals surface area contributed by atoms with Crippen molar-refractivity contribution in [3.05, 3.63) is 35.9 Å². The SMILES string of the molecule is CCNC(c1ccccc1)C(C)(C)CN(CC)C(C)CC. The third-order valence-electron chi connectivity index (χ3n) is 4.55. The van der Waals surface area contributed by atoms with Crippen molar-refractivity contribution in [2.75, 3.05) is 19.6 Å². The van der Waals surface area contributed by atoms with E-state index in [9.17, 15) is 0 Å². The molecule has 0 bridgehead atoms. The molecule has 1 aromatic carbocycles. The fraction of sp³-hybridized carbons (Fsp3) is 0.684. The molecule has 0 radical (unpaired) electrons. The number of benzene rings is 1. The van der Waals surface area contributed by atoms with E-state index >= 15 is 0 Å². The van der Waals surface area contributed by atoms with Crippen LogP contribution >= 0.6 is 0 Å². The van der Waals surface area contributed by atoms with Gasteiger partial charge in [0.25, 0.3) is 0 Å². The maximum absolute atomic E-state index is 3.70. The Morgan fingerprint density at radius 2 is 1.71 bits per heavy atom. The number of hydrogen-bond donors (Lipinski definition) is 1. The van der Waals surface area contributed by atoms with Gasteiger partial charge in [-0.2, -0.15) is 0 Å². The van der Waals surface area contributed by atoms with Crippen LogP contribution in [0.1, 0.15) is 59.6 Å². The van der Waals surface area contributed by atoms with Gasteiger partial charge < -0.3 is 10.2 Å². The highest BCUT2D eigenvalue weighted by Gasteiger charge is 2.32. The summed E-state index contributed by atoms with van der Waals surface area (Å²) in [7, 11) is 0. The zero-order valence-corrected chi connectivity index (χ0v) is 14.8. The Hall–Kier alpha value is -0.860. The van der Waals surface area contributed by atoms with Crippen molar-refractivity contribution in [2.24, 2.45) is 5.41 Å². The summed E-state index contributed by atoms with van der Waals surface area (Å²) in [5.74, 6) is 0. The van der Waals surface area contributed by atoms with Gasteiger partial charge in [-0.25, -0.2) is 0 Å². The first kappa shape index (κ1) is 18.2. The summed E-state index contributed by atoms with van der Waals surface area (Å²) < 4.78 is 0. The Bertz CT molecular complexity index is 386. The Labute approximate surface area is 131 Å². The van der Waals surface area contributed by atoms with Crippen molar-refractivity contribution >= 4 is 0 Å². The molecule has 0 spiro atoms. The van der Waals surface area contributed by atoms with Gasteiger partial charge in [-0.3, -0.25) is 0 Å². The van der Waals surface area contributed by atoms with Gasteiger partial charge in [0.2, 0.25) is 0 Å². The van der Waals surface area contributed by atoms with Crippen molar-refractivity contribution < 1.29 is 0 Å². The summed E-state index contributed by atoms with van der Waals surface area (Å²) in [6.07, 6.45) is 1.21. The molecule has 1 N–H and O–H groups in total. The molecule has 120 valence electrons. The van der Waals surface area contributed by atoms with E-state index in [1.165, 1.54) is 12.0 Å². The van der Waals surface area contributed by atoms with E-state index in [1.807, 2.05) is 0 Å². The molecule has 1 rings (SSSR count). The molecule has 0 amide bonds. The van der Waals surface area contributed by atoms with Crippen LogP contribution < -0.4 is 5.32 Å².